The Bertz CT molecular complexity index is 299. The molecule has 108 valence electrons. The van der Waals surface area contributed by atoms with Gasteiger partial charge in [0.25, 0.3) is 0 Å². The molecule has 5 heteroatoms. The molecule has 1 aliphatic rings. The Morgan fingerprint density at radius 3 is 2.42 bits per heavy atom. The van der Waals surface area contributed by atoms with E-state index in [2.05, 4.69) is 45.2 Å². The van der Waals surface area contributed by atoms with Gasteiger partial charge in [-0.25, -0.2) is 0 Å². The van der Waals surface area contributed by atoms with Crippen molar-refractivity contribution in [2.45, 2.75) is 13.8 Å². The lowest BCUT2D eigenvalue weighted by Gasteiger charge is -2.33. The summed E-state index contributed by atoms with van der Waals surface area (Å²) in [5, 5.41) is 6.29. The van der Waals surface area contributed by atoms with Crippen LogP contribution in [0.3, 0.4) is 0 Å². The second kappa shape index (κ2) is 9.65. The van der Waals surface area contributed by atoms with E-state index in [0.29, 0.717) is 6.54 Å². The topological polar surface area (TPSA) is 42.9 Å². The summed E-state index contributed by atoms with van der Waals surface area (Å²) in [6.45, 7) is 13.3. The van der Waals surface area contributed by atoms with Crippen LogP contribution >= 0.6 is 0 Å². The van der Waals surface area contributed by atoms with Gasteiger partial charge in [0.2, 0.25) is 0 Å². The van der Waals surface area contributed by atoms with Crippen molar-refractivity contribution < 1.29 is 0 Å². The second-order valence-corrected chi connectivity index (χ2v) is 4.59. The third-order valence-electron chi connectivity index (χ3n) is 3.30. The number of nitrogens with one attached hydrogen (secondary N) is 2. The predicted molar refractivity (Wildman–Crippen MR) is 81.4 cm³/mol. The van der Waals surface area contributed by atoms with E-state index in [4.69, 9.17) is 6.42 Å². The number of terminal acetylenes is 1. The van der Waals surface area contributed by atoms with Crippen LogP contribution in [0, 0.1) is 12.3 Å². The standard InChI is InChI=1S/C14H27N5/c1-4-7-16-14(15-5-2)17-8-9-19-12-10-18(6-3)11-13-19/h1H,5-13H2,2-3H3,(H2,15,16,17). The molecule has 0 atom stereocenters. The molecule has 0 aromatic rings. The minimum Gasteiger partial charge on any atom is -0.357 e. The highest BCUT2D eigenvalue weighted by Gasteiger charge is 2.14. The summed E-state index contributed by atoms with van der Waals surface area (Å²) in [5.41, 5.74) is 0. The van der Waals surface area contributed by atoms with Crippen molar-refractivity contribution in [3.63, 3.8) is 0 Å². The van der Waals surface area contributed by atoms with E-state index in [9.17, 15) is 0 Å². The molecule has 1 fully saturated rings. The quantitative estimate of drug-likeness (QED) is 0.397. The van der Waals surface area contributed by atoms with Gasteiger partial charge in [-0.05, 0) is 13.5 Å². The zero-order valence-electron chi connectivity index (χ0n) is 12.3. The number of nitrogens with zero attached hydrogens (tertiary/aromatic N) is 3. The molecule has 1 heterocycles. The molecule has 0 aromatic carbocycles. The van der Waals surface area contributed by atoms with E-state index in [0.717, 1.165) is 45.2 Å². The Morgan fingerprint density at radius 2 is 1.84 bits per heavy atom. The summed E-state index contributed by atoms with van der Waals surface area (Å²) >= 11 is 0. The number of hydrogen-bond donors (Lipinski definition) is 2. The number of hydrogen-bond acceptors (Lipinski definition) is 3. The lowest BCUT2D eigenvalue weighted by molar-refractivity contribution is 0.140. The highest BCUT2D eigenvalue weighted by atomic mass is 15.3. The fourth-order valence-electron chi connectivity index (χ4n) is 2.11. The molecule has 0 spiro atoms. The van der Waals surface area contributed by atoms with Gasteiger partial charge in [-0.15, -0.1) is 6.42 Å². The van der Waals surface area contributed by atoms with Gasteiger partial charge in [0.15, 0.2) is 5.96 Å². The molecule has 1 aliphatic heterocycles. The lowest BCUT2D eigenvalue weighted by atomic mass is 10.3. The average molecular weight is 265 g/mol. The molecule has 0 amide bonds. The monoisotopic (exact) mass is 265 g/mol. The molecule has 0 aliphatic carbocycles. The first-order valence-electron chi connectivity index (χ1n) is 7.20. The second-order valence-electron chi connectivity index (χ2n) is 4.59. The van der Waals surface area contributed by atoms with Crippen molar-refractivity contribution in [2.24, 2.45) is 4.99 Å². The van der Waals surface area contributed by atoms with Gasteiger partial charge in [-0.1, -0.05) is 12.8 Å². The average Bonchev–Trinajstić information content (AvgIpc) is 2.45. The number of likely N-dealkylation sites (N-methyl/N-ethyl adjacent to an activating group) is 1. The highest BCUT2D eigenvalue weighted by molar-refractivity contribution is 5.79. The maximum absolute atomic E-state index is 5.24. The van der Waals surface area contributed by atoms with Gasteiger partial charge in [-0.3, -0.25) is 9.89 Å². The lowest BCUT2D eigenvalue weighted by Crippen LogP contribution is -2.47. The SMILES string of the molecule is C#CCNC(=NCCN1CCN(CC)CC1)NCC. The van der Waals surface area contributed by atoms with Crippen LogP contribution in [-0.4, -0.2) is 74.7 Å². The summed E-state index contributed by atoms with van der Waals surface area (Å²) in [4.78, 5) is 9.48. The molecule has 19 heavy (non-hydrogen) atoms. The van der Waals surface area contributed by atoms with Crippen LogP contribution in [-0.2, 0) is 0 Å². The first kappa shape index (κ1) is 15.8. The molecule has 0 saturated carbocycles. The van der Waals surface area contributed by atoms with Crippen molar-refractivity contribution >= 4 is 5.96 Å². The van der Waals surface area contributed by atoms with Gasteiger partial charge in [0, 0.05) is 39.3 Å². The van der Waals surface area contributed by atoms with E-state index in [1.807, 2.05) is 0 Å². The Morgan fingerprint density at radius 1 is 1.16 bits per heavy atom. The van der Waals surface area contributed by atoms with Gasteiger partial charge in [0.05, 0.1) is 13.1 Å². The molecule has 2 N–H and O–H groups in total. The minimum atomic E-state index is 0.515. The van der Waals surface area contributed by atoms with Crippen LogP contribution in [0.25, 0.3) is 0 Å². The van der Waals surface area contributed by atoms with Crippen molar-refractivity contribution in [3.05, 3.63) is 0 Å². The molecule has 5 nitrogen and oxygen atoms in total. The van der Waals surface area contributed by atoms with Crippen molar-refractivity contribution in [1.29, 1.82) is 0 Å². The van der Waals surface area contributed by atoms with Crippen LogP contribution in [0.2, 0.25) is 0 Å². The smallest absolute Gasteiger partial charge is 0.192 e. The van der Waals surface area contributed by atoms with Gasteiger partial charge >= 0.3 is 0 Å². The van der Waals surface area contributed by atoms with Crippen molar-refractivity contribution in [2.75, 3.05) is 58.9 Å². The maximum Gasteiger partial charge on any atom is 0.192 e. The number of rotatable bonds is 6. The Kier molecular flexibility index (Phi) is 8.03. The van der Waals surface area contributed by atoms with Gasteiger partial charge in [-0.2, -0.15) is 0 Å². The summed E-state index contributed by atoms with van der Waals surface area (Å²) in [6.07, 6.45) is 5.24. The predicted octanol–water partition coefficient (Wildman–Crippen LogP) is -0.188. The molecular weight excluding hydrogens is 238 g/mol. The highest BCUT2D eigenvalue weighted by Crippen LogP contribution is 2.00. The van der Waals surface area contributed by atoms with Crippen LogP contribution in [0.1, 0.15) is 13.8 Å². The summed E-state index contributed by atoms with van der Waals surface area (Å²) < 4.78 is 0. The Labute approximate surface area is 117 Å². The molecule has 0 aromatic heterocycles. The fourth-order valence-corrected chi connectivity index (χ4v) is 2.11. The molecule has 0 unspecified atom stereocenters. The summed E-state index contributed by atoms with van der Waals surface area (Å²) in [7, 11) is 0. The fraction of sp³-hybridized carbons (Fsp3) is 0.786. The summed E-state index contributed by atoms with van der Waals surface area (Å²) in [5.74, 6) is 3.37. The number of aliphatic imine (C=N–C) groups is 1. The molecular formula is C14H27N5. The van der Waals surface area contributed by atoms with Gasteiger partial charge < -0.3 is 15.5 Å². The third-order valence-corrected chi connectivity index (χ3v) is 3.30. The van der Waals surface area contributed by atoms with E-state index < -0.39 is 0 Å². The molecule has 1 saturated heterocycles. The van der Waals surface area contributed by atoms with E-state index in [1.54, 1.807) is 0 Å². The molecule has 1 rings (SSSR count). The Balaban J connectivity index is 2.24. The van der Waals surface area contributed by atoms with Crippen molar-refractivity contribution in [3.8, 4) is 12.3 Å². The van der Waals surface area contributed by atoms with Crippen molar-refractivity contribution in [1.82, 2.24) is 20.4 Å². The van der Waals surface area contributed by atoms with Gasteiger partial charge in [0.1, 0.15) is 0 Å². The zero-order valence-corrected chi connectivity index (χ0v) is 12.3. The van der Waals surface area contributed by atoms with Crippen LogP contribution in [0.5, 0.6) is 0 Å². The van der Waals surface area contributed by atoms with E-state index in [-0.39, 0.29) is 0 Å². The summed E-state index contributed by atoms with van der Waals surface area (Å²) in [6, 6.07) is 0. The minimum absolute atomic E-state index is 0.515. The Hall–Kier alpha value is -1.25. The van der Waals surface area contributed by atoms with Crippen LogP contribution < -0.4 is 10.6 Å². The first-order valence-corrected chi connectivity index (χ1v) is 7.20. The van der Waals surface area contributed by atoms with Crippen LogP contribution in [0.4, 0.5) is 0 Å². The van der Waals surface area contributed by atoms with E-state index >= 15 is 0 Å². The first-order chi connectivity index (χ1) is 9.30. The zero-order chi connectivity index (χ0) is 13.9. The van der Waals surface area contributed by atoms with E-state index in [1.165, 1.54) is 13.1 Å². The molecule has 0 radical (unpaired) electrons. The third kappa shape index (κ3) is 6.46. The molecule has 0 bridgehead atoms. The largest absolute Gasteiger partial charge is 0.357 e. The maximum atomic E-state index is 5.24. The number of piperazine rings is 1. The normalized spacial score (nSPS) is 18.1. The number of guanidine groups is 1. The van der Waals surface area contributed by atoms with Crippen LogP contribution in [0.15, 0.2) is 4.99 Å².